The fourth-order valence-corrected chi connectivity index (χ4v) is 8.12. The Morgan fingerprint density at radius 1 is 1.16 bits per heavy atom. The van der Waals surface area contributed by atoms with Gasteiger partial charge in [0.15, 0.2) is 12.4 Å². The molecule has 7 nitrogen and oxygen atoms in total. The highest BCUT2D eigenvalue weighted by atomic mass is 16.7. The van der Waals surface area contributed by atoms with E-state index in [1.165, 1.54) is 18.9 Å². The number of rotatable bonds is 7. The molecule has 11 atom stereocenters. The van der Waals surface area contributed by atoms with Crippen LogP contribution in [0.25, 0.3) is 6.08 Å². The lowest BCUT2D eigenvalue weighted by Crippen LogP contribution is -2.61. The normalized spacial score (nSPS) is 45.0. The first kappa shape index (κ1) is 26.8. The predicted octanol–water partition coefficient (Wildman–Crippen LogP) is 3.55. The van der Waals surface area contributed by atoms with Crippen LogP contribution in [-0.4, -0.2) is 64.2 Å². The first-order chi connectivity index (χ1) is 17.6. The van der Waals surface area contributed by atoms with E-state index in [1.54, 1.807) is 6.08 Å². The van der Waals surface area contributed by atoms with Gasteiger partial charge in [-0.05, 0) is 79.3 Å². The molecule has 5 rings (SSSR count). The van der Waals surface area contributed by atoms with Crippen molar-refractivity contribution in [2.75, 3.05) is 6.61 Å². The predicted molar refractivity (Wildman–Crippen MR) is 138 cm³/mol. The molecule has 1 saturated heterocycles. The number of esters is 1. The van der Waals surface area contributed by atoms with Crippen LogP contribution >= 0.6 is 0 Å². The van der Waals surface area contributed by atoms with Crippen molar-refractivity contribution < 1.29 is 34.3 Å². The molecule has 3 saturated carbocycles. The van der Waals surface area contributed by atoms with Gasteiger partial charge in [-0.2, -0.15) is 0 Å². The number of aliphatic hydroxyl groups excluding tert-OH is 3. The highest BCUT2D eigenvalue weighted by Gasteiger charge is 2.79. The average molecular weight is 515 g/mol. The number of hydrogen-bond acceptors (Lipinski definition) is 7. The number of hydrogen-bond donors (Lipinski definition) is 3. The standard InChI is InChI=1S/C30H42O7/c1-17(2)20-12-10-18(3)30-15-14-29(4,27(30)23(20)30)37-28-26(25(34)24(33)21(16-31)35-28)36-22(32)13-11-19-8-6-5-7-9-19/h5-9,11,13,17-18,20-21,23-28,31,33-34H,10,12,14-16H2,1-4H3/b13-11+/t18-,20+,21-,23-,24-,25+,26-,27+,28+,29+,30-/m1/s1. The molecule has 37 heavy (non-hydrogen) atoms. The van der Waals surface area contributed by atoms with E-state index in [9.17, 15) is 20.1 Å². The second-order valence-corrected chi connectivity index (χ2v) is 12.3. The smallest absolute Gasteiger partial charge is 0.331 e. The third-order valence-electron chi connectivity index (χ3n) is 10.0. The molecule has 0 amide bonds. The van der Waals surface area contributed by atoms with Crippen LogP contribution in [0.3, 0.4) is 0 Å². The summed E-state index contributed by atoms with van der Waals surface area (Å²) in [7, 11) is 0. The monoisotopic (exact) mass is 514 g/mol. The number of fused-ring (bicyclic) bond motifs is 1. The molecule has 4 fully saturated rings. The zero-order chi connectivity index (χ0) is 26.5. The van der Waals surface area contributed by atoms with Crippen LogP contribution < -0.4 is 0 Å². The zero-order valence-electron chi connectivity index (χ0n) is 22.3. The Labute approximate surface area is 219 Å². The summed E-state index contributed by atoms with van der Waals surface area (Å²) < 4.78 is 18.3. The largest absolute Gasteiger partial charge is 0.451 e. The van der Waals surface area contributed by atoms with Crippen molar-refractivity contribution in [2.24, 2.45) is 35.0 Å². The van der Waals surface area contributed by atoms with Crippen molar-refractivity contribution in [1.29, 1.82) is 0 Å². The van der Waals surface area contributed by atoms with Crippen molar-refractivity contribution >= 4 is 12.0 Å². The summed E-state index contributed by atoms with van der Waals surface area (Å²) in [6.07, 6.45) is 1.14. The molecule has 1 aromatic carbocycles. The van der Waals surface area contributed by atoms with E-state index in [0.29, 0.717) is 29.6 Å². The minimum absolute atomic E-state index is 0.274. The van der Waals surface area contributed by atoms with Crippen molar-refractivity contribution in [3.63, 3.8) is 0 Å². The van der Waals surface area contributed by atoms with Gasteiger partial charge in [0.2, 0.25) is 0 Å². The third-order valence-corrected chi connectivity index (χ3v) is 10.0. The lowest BCUT2D eigenvalue weighted by molar-refractivity contribution is -0.328. The molecular formula is C30H42O7. The van der Waals surface area contributed by atoms with Crippen molar-refractivity contribution in [3.05, 3.63) is 42.0 Å². The van der Waals surface area contributed by atoms with Crippen LogP contribution in [-0.2, 0) is 19.0 Å². The van der Waals surface area contributed by atoms with Crippen LogP contribution in [0, 0.1) is 35.0 Å². The minimum Gasteiger partial charge on any atom is -0.451 e. The first-order valence-electron chi connectivity index (χ1n) is 13.9. The van der Waals surface area contributed by atoms with Gasteiger partial charge in [-0.25, -0.2) is 4.79 Å². The molecule has 1 spiro atoms. The molecule has 0 aromatic heterocycles. The Hall–Kier alpha value is -1.77. The molecule has 1 heterocycles. The summed E-state index contributed by atoms with van der Waals surface area (Å²) in [6.45, 7) is 8.64. The molecule has 0 radical (unpaired) electrons. The quantitative estimate of drug-likeness (QED) is 0.290. The fourth-order valence-electron chi connectivity index (χ4n) is 8.12. The van der Waals surface area contributed by atoms with Crippen LogP contribution in [0.5, 0.6) is 0 Å². The molecule has 7 heteroatoms. The van der Waals surface area contributed by atoms with E-state index in [0.717, 1.165) is 18.4 Å². The Morgan fingerprint density at radius 2 is 1.89 bits per heavy atom. The number of benzene rings is 1. The van der Waals surface area contributed by atoms with Gasteiger partial charge in [-0.1, -0.05) is 51.1 Å². The van der Waals surface area contributed by atoms with Crippen molar-refractivity contribution in [3.8, 4) is 0 Å². The lowest BCUT2D eigenvalue weighted by Gasteiger charge is -2.44. The first-order valence-corrected chi connectivity index (χ1v) is 13.9. The molecule has 1 aromatic rings. The molecule has 0 bridgehead atoms. The summed E-state index contributed by atoms with van der Waals surface area (Å²) in [4.78, 5) is 12.7. The zero-order valence-corrected chi connectivity index (χ0v) is 22.3. The van der Waals surface area contributed by atoms with Gasteiger partial charge in [0.1, 0.15) is 18.3 Å². The van der Waals surface area contributed by atoms with Gasteiger partial charge in [0.05, 0.1) is 12.2 Å². The second-order valence-electron chi connectivity index (χ2n) is 12.3. The summed E-state index contributed by atoms with van der Waals surface area (Å²) in [5, 5.41) is 31.2. The van der Waals surface area contributed by atoms with Gasteiger partial charge >= 0.3 is 5.97 Å². The molecule has 3 N–H and O–H groups in total. The maximum atomic E-state index is 12.7. The molecular weight excluding hydrogens is 472 g/mol. The van der Waals surface area contributed by atoms with E-state index in [1.807, 2.05) is 30.3 Å². The maximum Gasteiger partial charge on any atom is 0.331 e. The van der Waals surface area contributed by atoms with E-state index in [4.69, 9.17) is 14.2 Å². The Bertz CT molecular complexity index is 995. The highest BCUT2D eigenvalue weighted by Crippen LogP contribution is 2.81. The lowest BCUT2D eigenvalue weighted by atomic mass is 9.69. The number of aliphatic hydroxyl groups is 3. The summed E-state index contributed by atoms with van der Waals surface area (Å²) in [5.41, 5.74) is 0.602. The van der Waals surface area contributed by atoms with E-state index in [-0.39, 0.29) is 5.41 Å². The molecule has 0 unspecified atom stereocenters. The van der Waals surface area contributed by atoms with Crippen LogP contribution in [0.15, 0.2) is 36.4 Å². The van der Waals surface area contributed by atoms with Crippen molar-refractivity contribution in [1.82, 2.24) is 0 Å². The number of carbonyl (C=O) groups excluding carboxylic acids is 1. The van der Waals surface area contributed by atoms with Gasteiger partial charge in [0.25, 0.3) is 0 Å². The van der Waals surface area contributed by atoms with Crippen LogP contribution in [0.1, 0.15) is 58.9 Å². The topological polar surface area (TPSA) is 105 Å². The molecule has 3 aliphatic carbocycles. The minimum atomic E-state index is -1.45. The van der Waals surface area contributed by atoms with Gasteiger partial charge < -0.3 is 29.5 Å². The maximum absolute atomic E-state index is 12.7. The number of carbonyl (C=O) groups is 1. The number of ether oxygens (including phenoxy) is 3. The van der Waals surface area contributed by atoms with Crippen LogP contribution in [0.2, 0.25) is 0 Å². The summed E-state index contributed by atoms with van der Waals surface area (Å²) in [6, 6.07) is 9.35. The SMILES string of the molecule is CC(C)[C@@H]1CC[C@@H](C)[C@@]23CC[C@](C)(O[C@@H]4O[C@H](CO)[C@@H](O)[C@H](O)[C@H]4OC(=O)/C=C/c4ccccc4)[C@@H]2[C@@H]13. The summed E-state index contributed by atoms with van der Waals surface area (Å²) >= 11 is 0. The summed E-state index contributed by atoms with van der Waals surface area (Å²) in [5.74, 6) is 2.20. The fraction of sp³-hybridized carbons (Fsp3) is 0.700. The van der Waals surface area contributed by atoms with Gasteiger partial charge in [-0.15, -0.1) is 0 Å². The van der Waals surface area contributed by atoms with Gasteiger partial charge in [-0.3, -0.25) is 0 Å². The highest BCUT2D eigenvalue weighted by molar-refractivity contribution is 5.87. The van der Waals surface area contributed by atoms with Gasteiger partial charge in [0, 0.05) is 6.08 Å². The van der Waals surface area contributed by atoms with E-state index >= 15 is 0 Å². The van der Waals surface area contributed by atoms with E-state index in [2.05, 4.69) is 27.7 Å². The average Bonchev–Trinajstić information content (AvgIpc) is 3.50. The molecule has 204 valence electrons. The van der Waals surface area contributed by atoms with Crippen molar-refractivity contribution in [2.45, 2.75) is 89.7 Å². The Morgan fingerprint density at radius 3 is 2.57 bits per heavy atom. The molecule has 1 aliphatic heterocycles. The Balaban J connectivity index is 1.36. The Kier molecular flexibility index (Phi) is 7.31. The molecule has 4 aliphatic rings. The van der Waals surface area contributed by atoms with Crippen LogP contribution in [0.4, 0.5) is 0 Å². The third kappa shape index (κ3) is 4.57. The van der Waals surface area contributed by atoms with E-state index < -0.39 is 48.9 Å². The second kappa shape index (κ2) is 10.1.